The fraction of sp³-hybridized carbons (Fsp3) is 0.571. The van der Waals surface area contributed by atoms with E-state index in [1.807, 2.05) is 30.3 Å². The third-order valence-corrected chi connectivity index (χ3v) is 5.36. The SMILES string of the molecule is CC(C)(C)OC(=O)N1CCC([C@@H](N=[N+]=[N-])C(=O)N2C(=O)OC[C@H]2c2ccccc2)CC1. The van der Waals surface area contributed by atoms with Crippen LogP contribution in [0.25, 0.3) is 10.4 Å². The lowest BCUT2D eigenvalue weighted by Crippen LogP contribution is -2.48. The van der Waals surface area contributed by atoms with Crippen molar-refractivity contribution in [1.82, 2.24) is 9.80 Å². The average Bonchev–Trinajstić information content (AvgIpc) is 3.12. The minimum atomic E-state index is -1.05. The molecule has 3 amide bonds. The summed E-state index contributed by atoms with van der Waals surface area (Å²) >= 11 is 0. The Morgan fingerprint density at radius 2 is 1.87 bits per heavy atom. The van der Waals surface area contributed by atoms with Gasteiger partial charge in [-0.1, -0.05) is 35.4 Å². The second-order valence-corrected chi connectivity index (χ2v) is 8.67. The lowest BCUT2D eigenvalue weighted by Gasteiger charge is -2.36. The Labute approximate surface area is 180 Å². The van der Waals surface area contributed by atoms with E-state index in [0.717, 1.165) is 10.5 Å². The molecular weight excluding hydrogens is 402 g/mol. The summed E-state index contributed by atoms with van der Waals surface area (Å²) < 4.78 is 10.5. The molecule has 0 spiro atoms. The Morgan fingerprint density at radius 3 is 2.45 bits per heavy atom. The Balaban J connectivity index is 1.72. The van der Waals surface area contributed by atoms with Crippen molar-refractivity contribution in [2.75, 3.05) is 19.7 Å². The first-order valence-corrected chi connectivity index (χ1v) is 10.3. The number of imide groups is 1. The van der Waals surface area contributed by atoms with Gasteiger partial charge >= 0.3 is 12.2 Å². The van der Waals surface area contributed by atoms with Gasteiger partial charge in [0.2, 0.25) is 5.91 Å². The third-order valence-electron chi connectivity index (χ3n) is 5.36. The summed E-state index contributed by atoms with van der Waals surface area (Å²) in [5.74, 6) is -0.878. The van der Waals surface area contributed by atoms with Crippen LogP contribution in [0, 0.1) is 5.92 Å². The number of amides is 3. The summed E-state index contributed by atoms with van der Waals surface area (Å²) in [6.45, 7) is 6.19. The molecule has 0 bridgehead atoms. The monoisotopic (exact) mass is 429 g/mol. The zero-order valence-corrected chi connectivity index (χ0v) is 17.9. The van der Waals surface area contributed by atoms with Crippen molar-refractivity contribution in [3.8, 4) is 0 Å². The van der Waals surface area contributed by atoms with Crippen LogP contribution in [0.5, 0.6) is 0 Å². The molecule has 2 atom stereocenters. The van der Waals surface area contributed by atoms with Crippen molar-refractivity contribution in [2.45, 2.75) is 51.3 Å². The topological polar surface area (TPSA) is 125 Å². The summed E-state index contributed by atoms with van der Waals surface area (Å²) in [5.41, 5.74) is 9.23. The van der Waals surface area contributed by atoms with Crippen LogP contribution in [-0.2, 0) is 14.3 Å². The number of ether oxygens (including phenoxy) is 2. The van der Waals surface area contributed by atoms with Crippen molar-refractivity contribution in [3.05, 3.63) is 46.3 Å². The van der Waals surface area contributed by atoms with Crippen LogP contribution in [0.15, 0.2) is 35.4 Å². The minimum absolute atomic E-state index is 0.0503. The normalized spacial score (nSPS) is 20.6. The number of carbonyl (C=O) groups excluding carboxylic acids is 3. The molecule has 10 nitrogen and oxygen atoms in total. The van der Waals surface area contributed by atoms with Crippen molar-refractivity contribution < 1.29 is 23.9 Å². The van der Waals surface area contributed by atoms with E-state index < -0.39 is 35.8 Å². The van der Waals surface area contributed by atoms with Gasteiger partial charge in [0.15, 0.2) is 0 Å². The molecule has 0 saturated carbocycles. The first-order valence-electron chi connectivity index (χ1n) is 10.3. The number of cyclic esters (lactones) is 1. The number of carbonyl (C=O) groups is 3. The molecule has 2 aliphatic heterocycles. The van der Waals surface area contributed by atoms with Gasteiger partial charge in [-0.15, -0.1) is 0 Å². The third kappa shape index (κ3) is 5.27. The van der Waals surface area contributed by atoms with E-state index in [-0.39, 0.29) is 12.5 Å². The number of azide groups is 1. The van der Waals surface area contributed by atoms with E-state index in [1.165, 1.54) is 0 Å². The van der Waals surface area contributed by atoms with E-state index in [2.05, 4.69) is 10.0 Å². The highest BCUT2D eigenvalue weighted by molar-refractivity contribution is 5.96. The lowest BCUT2D eigenvalue weighted by atomic mass is 9.88. The highest BCUT2D eigenvalue weighted by Crippen LogP contribution is 2.32. The first kappa shape index (κ1) is 22.4. The number of likely N-dealkylation sites (tertiary alicyclic amines) is 1. The minimum Gasteiger partial charge on any atom is -0.446 e. The molecule has 31 heavy (non-hydrogen) atoms. The zero-order chi connectivity index (χ0) is 22.6. The highest BCUT2D eigenvalue weighted by atomic mass is 16.6. The van der Waals surface area contributed by atoms with E-state index in [0.29, 0.717) is 25.9 Å². The predicted octanol–water partition coefficient (Wildman–Crippen LogP) is 4.03. The van der Waals surface area contributed by atoms with Crippen LogP contribution in [0.4, 0.5) is 9.59 Å². The number of benzene rings is 1. The van der Waals surface area contributed by atoms with Gasteiger partial charge in [-0.05, 0) is 50.6 Å². The first-order chi connectivity index (χ1) is 14.7. The smallest absolute Gasteiger partial charge is 0.417 e. The molecule has 0 aliphatic carbocycles. The zero-order valence-electron chi connectivity index (χ0n) is 17.9. The Bertz CT molecular complexity index is 870. The van der Waals surface area contributed by atoms with Gasteiger partial charge in [0.05, 0.1) is 0 Å². The molecule has 0 N–H and O–H groups in total. The van der Waals surface area contributed by atoms with Crippen LogP contribution in [0.2, 0.25) is 0 Å². The molecule has 1 aromatic rings. The van der Waals surface area contributed by atoms with Crippen molar-refractivity contribution in [2.24, 2.45) is 11.0 Å². The molecule has 3 rings (SSSR count). The second-order valence-electron chi connectivity index (χ2n) is 8.67. The molecule has 0 radical (unpaired) electrons. The van der Waals surface area contributed by atoms with Crippen molar-refractivity contribution in [1.29, 1.82) is 0 Å². The number of hydrogen-bond acceptors (Lipinski definition) is 6. The fourth-order valence-electron chi connectivity index (χ4n) is 3.85. The van der Waals surface area contributed by atoms with Crippen molar-refractivity contribution >= 4 is 18.1 Å². The van der Waals surface area contributed by atoms with E-state index in [1.54, 1.807) is 25.7 Å². The van der Waals surface area contributed by atoms with Gasteiger partial charge in [-0.2, -0.15) is 0 Å². The molecule has 2 aliphatic rings. The maximum atomic E-state index is 13.3. The van der Waals surface area contributed by atoms with Gasteiger partial charge in [0.1, 0.15) is 24.3 Å². The average molecular weight is 429 g/mol. The molecular formula is C21H27N5O5. The number of hydrogen-bond donors (Lipinski definition) is 0. The molecule has 2 saturated heterocycles. The molecule has 2 fully saturated rings. The van der Waals surface area contributed by atoms with Crippen LogP contribution in [-0.4, -0.2) is 59.2 Å². The fourth-order valence-corrected chi connectivity index (χ4v) is 3.85. The summed E-state index contributed by atoms with van der Waals surface area (Å²) in [6, 6.07) is 7.48. The summed E-state index contributed by atoms with van der Waals surface area (Å²) in [5, 5.41) is 3.73. The van der Waals surface area contributed by atoms with Crippen molar-refractivity contribution in [3.63, 3.8) is 0 Å². The Morgan fingerprint density at radius 1 is 1.23 bits per heavy atom. The lowest BCUT2D eigenvalue weighted by molar-refractivity contribution is -0.132. The van der Waals surface area contributed by atoms with Crippen LogP contribution in [0.3, 0.4) is 0 Å². The summed E-state index contributed by atoms with van der Waals surface area (Å²) in [4.78, 5) is 43.4. The molecule has 0 unspecified atom stereocenters. The van der Waals surface area contributed by atoms with Gasteiger partial charge < -0.3 is 14.4 Å². The van der Waals surface area contributed by atoms with Gasteiger partial charge in [0.25, 0.3) is 0 Å². The summed E-state index contributed by atoms with van der Waals surface area (Å²) in [7, 11) is 0. The number of rotatable bonds is 4. The number of piperidine rings is 1. The largest absolute Gasteiger partial charge is 0.446 e. The van der Waals surface area contributed by atoms with Crippen LogP contribution in [0.1, 0.15) is 45.2 Å². The Kier molecular flexibility index (Phi) is 6.70. The Hall–Kier alpha value is -3.26. The molecule has 10 heteroatoms. The van der Waals surface area contributed by atoms with E-state index in [4.69, 9.17) is 15.0 Å². The standard InChI is InChI=1S/C21H27N5O5/c1-21(2,3)31-19(28)25-11-9-15(10-12-25)17(23-24-22)18(27)26-16(13-30-20(26)29)14-7-5-4-6-8-14/h4-8,15-17H,9-13H2,1-3H3/t16-,17+/m0/s1. The maximum absolute atomic E-state index is 13.3. The quantitative estimate of drug-likeness (QED) is 0.406. The van der Waals surface area contributed by atoms with Gasteiger partial charge in [-0.3, -0.25) is 4.79 Å². The molecule has 1 aromatic carbocycles. The number of nitrogens with zero attached hydrogens (tertiary/aromatic N) is 5. The molecule has 166 valence electrons. The van der Waals surface area contributed by atoms with Crippen LogP contribution >= 0.6 is 0 Å². The second kappa shape index (κ2) is 9.26. The van der Waals surface area contributed by atoms with Gasteiger partial charge in [0, 0.05) is 18.0 Å². The van der Waals surface area contributed by atoms with E-state index >= 15 is 0 Å². The predicted molar refractivity (Wildman–Crippen MR) is 111 cm³/mol. The highest BCUT2D eigenvalue weighted by Gasteiger charge is 2.44. The molecule has 0 aromatic heterocycles. The summed E-state index contributed by atoms with van der Waals surface area (Å²) in [6.07, 6.45) is -0.255. The molecule has 2 heterocycles. The maximum Gasteiger partial charge on any atom is 0.417 e. The van der Waals surface area contributed by atoms with Crippen LogP contribution < -0.4 is 0 Å². The van der Waals surface area contributed by atoms with Gasteiger partial charge in [-0.25, -0.2) is 14.5 Å². The van der Waals surface area contributed by atoms with E-state index in [9.17, 15) is 14.4 Å².